The minimum Gasteiger partial charge on any atom is -0.481 e. The number of hydrogen-bond acceptors (Lipinski definition) is 3. The molecule has 1 N–H and O–H groups in total. The monoisotopic (exact) mass is 440 g/mol. The molecular formula is C25H44O2S2. The fraction of sp³-hybridized carbons (Fsp3) is 0.880. The summed E-state index contributed by atoms with van der Waals surface area (Å²) in [4.78, 5) is 10.6. The summed E-state index contributed by atoms with van der Waals surface area (Å²) in [5.41, 5.74) is 3.35. The van der Waals surface area contributed by atoms with Crippen LogP contribution in [0.15, 0.2) is 11.1 Å². The number of fused-ring (bicyclic) bond motifs is 2. The quantitative estimate of drug-likeness (QED) is 0.195. The minimum absolute atomic E-state index is 0.343. The maximum Gasteiger partial charge on any atom is 0.303 e. The molecule has 2 heterocycles. The number of rotatable bonds is 16. The van der Waals surface area contributed by atoms with Gasteiger partial charge in [-0.2, -0.15) is 23.5 Å². The molecule has 4 heteroatoms. The Hall–Kier alpha value is -0.0900. The van der Waals surface area contributed by atoms with E-state index >= 15 is 0 Å². The molecule has 0 amide bonds. The van der Waals surface area contributed by atoms with Crippen LogP contribution in [-0.2, 0) is 4.79 Å². The molecule has 0 radical (unpaired) electrons. The summed E-state index contributed by atoms with van der Waals surface area (Å²) in [6, 6.07) is 0. The largest absolute Gasteiger partial charge is 0.481 e. The van der Waals surface area contributed by atoms with Gasteiger partial charge in [-0.25, -0.2) is 0 Å². The number of allylic oxidation sites excluding steroid dienone is 1. The lowest BCUT2D eigenvalue weighted by Crippen LogP contribution is -2.27. The highest BCUT2D eigenvalue weighted by Gasteiger charge is 2.47. The summed E-state index contributed by atoms with van der Waals surface area (Å²) in [5.74, 6) is 3.81. The molecule has 0 unspecified atom stereocenters. The van der Waals surface area contributed by atoms with Crippen molar-refractivity contribution < 1.29 is 9.90 Å². The zero-order chi connectivity index (χ0) is 21.1. The lowest BCUT2D eigenvalue weighted by molar-refractivity contribution is -0.137. The summed E-state index contributed by atoms with van der Waals surface area (Å²) in [6.07, 6.45) is 15.6. The number of carbonyl (C=O) groups is 1. The van der Waals surface area contributed by atoms with Crippen LogP contribution in [0.1, 0.15) is 104 Å². The fourth-order valence-corrected chi connectivity index (χ4v) is 8.59. The first-order chi connectivity index (χ1) is 14.1. The first-order valence-corrected chi connectivity index (χ1v) is 14.3. The van der Waals surface area contributed by atoms with Crippen molar-refractivity contribution in [3.05, 3.63) is 11.1 Å². The molecule has 0 aromatic rings. The van der Waals surface area contributed by atoms with E-state index in [1.54, 1.807) is 11.1 Å². The molecule has 0 aromatic carbocycles. The molecule has 0 spiro atoms. The molecule has 2 rings (SSSR count). The van der Waals surface area contributed by atoms with Crippen molar-refractivity contribution in [2.24, 2.45) is 11.8 Å². The van der Waals surface area contributed by atoms with E-state index in [-0.39, 0.29) is 0 Å². The van der Waals surface area contributed by atoms with Crippen molar-refractivity contribution in [3.63, 3.8) is 0 Å². The summed E-state index contributed by atoms with van der Waals surface area (Å²) in [5, 5.41) is 10.6. The van der Waals surface area contributed by atoms with Crippen molar-refractivity contribution in [3.8, 4) is 0 Å². The van der Waals surface area contributed by atoms with E-state index < -0.39 is 5.97 Å². The van der Waals surface area contributed by atoms with Gasteiger partial charge in [-0.1, -0.05) is 50.7 Å². The summed E-state index contributed by atoms with van der Waals surface area (Å²) in [6.45, 7) is 6.96. The lowest BCUT2D eigenvalue weighted by atomic mass is 9.75. The molecule has 4 atom stereocenters. The Morgan fingerprint density at radius 1 is 0.966 bits per heavy atom. The minimum atomic E-state index is -0.645. The van der Waals surface area contributed by atoms with E-state index in [0.717, 1.165) is 35.2 Å². The lowest BCUT2D eigenvalue weighted by Gasteiger charge is -2.30. The Balaban J connectivity index is 1.69. The standard InChI is InChI=1S/C25H44O2S2/c1-4-6-11-19(3)20(5-2)18-28-17-16-22-21(23-14-15-24(22)29-23)12-9-7-8-10-13-25(26)27/h21-24H,4-18H2,1-3H3,(H,26,27)/t21-,22+,23-,24+/m1/s1. The van der Waals surface area contributed by atoms with Gasteiger partial charge in [0.05, 0.1) is 0 Å². The number of hydrogen-bond donors (Lipinski definition) is 1. The average molecular weight is 441 g/mol. The van der Waals surface area contributed by atoms with Gasteiger partial charge in [0.2, 0.25) is 0 Å². The van der Waals surface area contributed by atoms with Crippen molar-refractivity contribution in [2.75, 3.05) is 11.5 Å². The third-order valence-electron chi connectivity index (χ3n) is 7.08. The Bertz CT molecular complexity index is 517. The highest BCUT2D eigenvalue weighted by atomic mass is 32.2. The first kappa shape index (κ1) is 25.2. The van der Waals surface area contributed by atoms with Crippen LogP contribution in [0.4, 0.5) is 0 Å². The van der Waals surface area contributed by atoms with Crippen LogP contribution in [0.5, 0.6) is 0 Å². The Kier molecular flexibility index (Phi) is 12.2. The van der Waals surface area contributed by atoms with E-state index in [1.165, 1.54) is 75.7 Å². The molecule has 0 saturated carbocycles. The predicted octanol–water partition coefficient (Wildman–Crippen LogP) is 7.96. The van der Waals surface area contributed by atoms with Gasteiger partial charge in [0.1, 0.15) is 0 Å². The number of carboxylic acids is 1. The van der Waals surface area contributed by atoms with Crippen LogP contribution in [-0.4, -0.2) is 33.1 Å². The number of carboxylic acid groups (broad SMARTS) is 1. The van der Waals surface area contributed by atoms with Gasteiger partial charge in [0.25, 0.3) is 0 Å². The maximum absolute atomic E-state index is 10.6. The van der Waals surface area contributed by atoms with Crippen LogP contribution in [0.2, 0.25) is 0 Å². The Morgan fingerprint density at radius 2 is 1.66 bits per heavy atom. The molecule has 2 bridgehead atoms. The van der Waals surface area contributed by atoms with Crippen molar-refractivity contribution in [2.45, 2.75) is 115 Å². The summed E-state index contributed by atoms with van der Waals surface area (Å²) >= 11 is 4.49. The second-order valence-electron chi connectivity index (χ2n) is 9.15. The highest BCUT2D eigenvalue weighted by Crippen LogP contribution is 2.55. The van der Waals surface area contributed by atoms with Gasteiger partial charge < -0.3 is 5.11 Å². The molecule has 2 aliphatic rings. The van der Waals surface area contributed by atoms with E-state index in [1.807, 2.05) is 0 Å². The van der Waals surface area contributed by atoms with E-state index in [4.69, 9.17) is 5.11 Å². The summed E-state index contributed by atoms with van der Waals surface area (Å²) in [7, 11) is 0. The third kappa shape index (κ3) is 8.51. The first-order valence-electron chi connectivity index (χ1n) is 12.2. The van der Waals surface area contributed by atoms with Crippen LogP contribution in [0.3, 0.4) is 0 Å². The van der Waals surface area contributed by atoms with Crippen LogP contribution in [0.25, 0.3) is 0 Å². The fourth-order valence-electron chi connectivity index (χ4n) is 5.24. The van der Waals surface area contributed by atoms with E-state index in [2.05, 4.69) is 44.3 Å². The van der Waals surface area contributed by atoms with Gasteiger partial charge in [-0.15, -0.1) is 0 Å². The third-order valence-corrected chi connectivity index (χ3v) is 10.0. The maximum atomic E-state index is 10.6. The molecule has 2 fully saturated rings. The van der Waals surface area contributed by atoms with Gasteiger partial charge >= 0.3 is 5.97 Å². The van der Waals surface area contributed by atoms with Gasteiger partial charge in [-0.3, -0.25) is 4.79 Å². The normalized spacial score (nSPS) is 26.7. The number of unbranched alkanes of at least 4 members (excludes halogenated alkanes) is 4. The second-order valence-corrected chi connectivity index (χ2v) is 11.7. The van der Waals surface area contributed by atoms with Crippen LogP contribution < -0.4 is 0 Å². The molecule has 29 heavy (non-hydrogen) atoms. The predicted molar refractivity (Wildman–Crippen MR) is 131 cm³/mol. The zero-order valence-electron chi connectivity index (χ0n) is 19.1. The van der Waals surface area contributed by atoms with Gasteiger partial charge in [0, 0.05) is 22.7 Å². The zero-order valence-corrected chi connectivity index (χ0v) is 20.7. The van der Waals surface area contributed by atoms with E-state index in [0.29, 0.717) is 6.42 Å². The SMILES string of the molecule is CCCCC(C)=C(CC)CSCC[C@H]1[C@@H](CCCCCCC(=O)O)[C@H]2CC[C@@H]1S2. The molecule has 2 saturated heterocycles. The number of aliphatic carboxylic acids is 1. The van der Waals surface area contributed by atoms with Crippen LogP contribution >= 0.6 is 23.5 Å². The molecule has 0 aromatic heterocycles. The molecule has 2 aliphatic heterocycles. The van der Waals surface area contributed by atoms with Gasteiger partial charge in [-0.05, 0) is 75.9 Å². The molecule has 2 nitrogen and oxygen atoms in total. The number of thioether (sulfide) groups is 2. The van der Waals surface area contributed by atoms with E-state index in [9.17, 15) is 4.79 Å². The highest BCUT2D eigenvalue weighted by molar-refractivity contribution is 8.01. The Labute approximate surface area is 188 Å². The van der Waals surface area contributed by atoms with Crippen molar-refractivity contribution in [1.82, 2.24) is 0 Å². The van der Waals surface area contributed by atoms with Crippen molar-refractivity contribution in [1.29, 1.82) is 0 Å². The molecule has 0 aliphatic carbocycles. The smallest absolute Gasteiger partial charge is 0.303 e. The van der Waals surface area contributed by atoms with Crippen molar-refractivity contribution >= 4 is 29.5 Å². The molecule has 168 valence electrons. The second kappa shape index (κ2) is 14.1. The van der Waals surface area contributed by atoms with Gasteiger partial charge in [0.15, 0.2) is 0 Å². The van der Waals surface area contributed by atoms with Crippen LogP contribution in [0, 0.1) is 11.8 Å². The summed E-state index contributed by atoms with van der Waals surface area (Å²) < 4.78 is 0. The Morgan fingerprint density at radius 3 is 2.31 bits per heavy atom. The molecular weight excluding hydrogens is 396 g/mol. The topological polar surface area (TPSA) is 37.3 Å². The average Bonchev–Trinajstić information content (AvgIpc) is 3.30.